The fourth-order valence-corrected chi connectivity index (χ4v) is 3.97. The third kappa shape index (κ3) is 4.05. The van der Waals surface area contributed by atoms with Crippen LogP contribution < -0.4 is 4.90 Å². The highest BCUT2D eigenvalue weighted by Gasteiger charge is 2.25. The maximum Gasteiger partial charge on any atom is 0.239 e. The summed E-state index contributed by atoms with van der Waals surface area (Å²) in [4.78, 5) is 6.72. The molecule has 0 spiro atoms. The molecule has 4 rings (SSSR count). The minimum Gasteiger partial charge on any atom is -0.378 e. The van der Waals surface area contributed by atoms with E-state index in [2.05, 4.69) is 48.9 Å². The van der Waals surface area contributed by atoms with Gasteiger partial charge < -0.3 is 14.2 Å². The molecule has 9 heteroatoms. The Morgan fingerprint density at radius 3 is 2.68 bits per heavy atom. The van der Waals surface area contributed by atoms with Crippen molar-refractivity contribution in [1.82, 2.24) is 24.9 Å². The number of aryl methyl sites for hydroxylation is 1. The first-order chi connectivity index (χ1) is 13.8. The molecule has 3 aromatic rings. The highest BCUT2D eigenvalue weighted by molar-refractivity contribution is 7.99. The minimum absolute atomic E-state index is 0.0256. The van der Waals surface area contributed by atoms with Crippen LogP contribution in [-0.2, 0) is 11.2 Å². The molecule has 8 nitrogen and oxygen atoms in total. The Balaban J connectivity index is 1.63. The van der Waals surface area contributed by atoms with E-state index in [1.807, 2.05) is 25.1 Å². The van der Waals surface area contributed by atoms with Crippen LogP contribution in [0.5, 0.6) is 0 Å². The second kappa shape index (κ2) is 8.74. The van der Waals surface area contributed by atoms with Crippen LogP contribution >= 0.6 is 11.8 Å². The molecule has 1 fully saturated rings. The molecule has 3 heterocycles. The fourth-order valence-electron chi connectivity index (χ4n) is 3.08. The highest BCUT2D eigenvalue weighted by atomic mass is 32.2. The number of para-hydroxylation sites is 1. The monoisotopic (exact) mass is 400 g/mol. The van der Waals surface area contributed by atoms with Gasteiger partial charge in [0.15, 0.2) is 11.0 Å². The zero-order chi connectivity index (χ0) is 19.3. The Morgan fingerprint density at radius 1 is 1.14 bits per heavy atom. The normalized spacial score (nSPS) is 15.7. The topological polar surface area (TPSA) is 82.1 Å². The van der Waals surface area contributed by atoms with E-state index in [1.165, 1.54) is 0 Å². The number of benzene rings is 1. The number of thioether (sulfide) groups is 1. The Hall–Kier alpha value is -2.39. The van der Waals surface area contributed by atoms with Gasteiger partial charge in [-0.2, -0.15) is 4.98 Å². The average Bonchev–Trinajstić information content (AvgIpc) is 3.37. The van der Waals surface area contributed by atoms with Crippen molar-refractivity contribution in [3.8, 4) is 5.69 Å². The molecule has 0 unspecified atom stereocenters. The van der Waals surface area contributed by atoms with Crippen LogP contribution in [0.1, 0.15) is 37.2 Å². The number of ether oxygens (including phenoxy) is 1. The number of hydrogen-bond donors (Lipinski definition) is 0. The van der Waals surface area contributed by atoms with E-state index in [9.17, 15) is 0 Å². The van der Waals surface area contributed by atoms with Gasteiger partial charge >= 0.3 is 0 Å². The Labute approximate surface area is 168 Å². The maximum absolute atomic E-state index is 5.49. The van der Waals surface area contributed by atoms with Gasteiger partial charge in [0.25, 0.3) is 0 Å². The van der Waals surface area contributed by atoms with Crippen LogP contribution in [-0.4, -0.2) is 51.2 Å². The summed E-state index contributed by atoms with van der Waals surface area (Å²) in [6.45, 7) is 7.14. The summed E-state index contributed by atoms with van der Waals surface area (Å²) in [5, 5.41) is 13.8. The Kier molecular flexibility index (Phi) is 5.92. The molecule has 28 heavy (non-hydrogen) atoms. The summed E-state index contributed by atoms with van der Waals surface area (Å²) < 4.78 is 13.0. The molecule has 1 saturated heterocycles. The van der Waals surface area contributed by atoms with E-state index in [0.717, 1.165) is 48.5 Å². The number of aromatic nitrogens is 5. The number of morpholine rings is 1. The van der Waals surface area contributed by atoms with Gasteiger partial charge in [-0.25, -0.2) is 0 Å². The first-order valence-electron chi connectivity index (χ1n) is 9.59. The molecule has 0 amide bonds. The predicted octanol–water partition coefficient (Wildman–Crippen LogP) is 3.29. The van der Waals surface area contributed by atoms with Crippen LogP contribution in [0.2, 0.25) is 0 Å². The molecular formula is C19H24N6O2S. The van der Waals surface area contributed by atoms with Gasteiger partial charge in [0.1, 0.15) is 0 Å². The molecule has 2 aromatic heterocycles. The number of rotatable bonds is 7. The third-order valence-corrected chi connectivity index (χ3v) is 5.54. The fraction of sp³-hybridized carbons (Fsp3) is 0.474. The van der Waals surface area contributed by atoms with Crippen molar-refractivity contribution in [1.29, 1.82) is 0 Å². The van der Waals surface area contributed by atoms with Gasteiger partial charge in [-0.05, 0) is 25.5 Å². The van der Waals surface area contributed by atoms with Crippen molar-refractivity contribution in [3.63, 3.8) is 0 Å². The zero-order valence-electron chi connectivity index (χ0n) is 16.1. The van der Waals surface area contributed by atoms with Crippen molar-refractivity contribution >= 4 is 17.7 Å². The largest absolute Gasteiger partial charge is 0.378 e. The van der Waals surface area contributed by atoms with E-state index in [-0.39, 0.29) is 5.25 Å². The first kappa shape index (κ1) is 18.9. The van der Waals surface area contributed by atoms with E-state index in [1.54, 1.807) is 11.8 Å². The van der Waals surface area contributed by atoms with E-state index >= 15 is 0 Å². The zero-order valence-corrected chi connectivity index (χ0v) is 16.9. The third-order valence-electron chi connectivity index (χ3n) is 4.51. The molecule has 0 aliphatic carbocycles. The van der Waals surface area contributed by atoms with Gasteiger partial charge in [-0.1, -0.05) is 42.0 Å². The molecule has 1 aliphatic rings. The first-order valence-corrected chi connectivity index (χ1v) is 10.5. The van der Waals surface area contributed by atoms with Crippen LogP contribution in [0.4, 0.5) is 5.95 Å². The van der Waals surface area contributed by atoms with Crippen molar-refractivity contribution in [2.24, 2.45) is 0 Å². The lowest BCUT2D eigenvalue weighted by Gasteiger charge is -2.28. The molecule has 1 aliphatic heterocycles. The van der Waals surface area contributed by atoms with Gasteiger partial charge in [-0.15, -0.1) is 10.2 Å². The van der Waals surface area contributed by atoms with Gasteiger partial charge in [-0.3, -0.25) is 4.57 Å². The molecule has 0 bridgehead atoms. The Bertz CT molecular complexity index is 891. The summed E-state index contributed by atoms with van der Waals surface area (Å²) in [5.41, 5.74) is 1.03. The van der Waals surface area contributed by atoms with E-state index in [0.29, 0.717) is 19.1 Å². The number of anilines is 1. The molecule has 1 aromatic carbocycles. The van der Waals surface area contributed by atoms with Crippen LogP contribution in [0.15, 0.2) is 40.0 Å². The molecule has 148 valence electrons. The molecular weight excluding hydrogens is 376 g/mol. The second-order valence-corrected chi connectivity index (χ2v) is 7.92. The smallest absolute Gasteiger partial charge is 0.239 e. The van der Waals surface area contributed by atoms with Crippen molar-refractivity contribution in [3.05, 3.63) is 42.0 Å². The molecule has 1 atom stereocenters. The van der Waals surface area contributed by atoms with Crippen LogP contribution in [0.25, 0.3) is 5.69 Å². The highest BCUT2D eigenvalue weighted by Crippen LogP contribution is 2.36. The van der Waals surface area contributed by atoms with E-state index < -0.39 is 0 Å². The van der Waals surface area contributed by atoms with Crippen molar-refractivity contribution in [2.45, 2.75) is 37.1 Å². The van der Waals surface area contributed by atoms with Gasteiger partial charge in [0, 0.05) is 19.5 Å². The van der Waals surface area contributed by atoms with Crippen molar-refractivity contribution in [2.75, 3.05) is 31.2 Å². The number of hydrogen-bond acceptors (Lipinski definition) is 8. The lowest BCUT2D eigenvalue weighted by Crippen LogP contribution is -2.37. The predicted molar refractivity (Wildman–Crippen MR) is 107 cm³/mol. The summed E-state index contributed by atoms with van der Waals surface area (Å²) in [5.74, 6) is 2.20. The SMILES string of the molecule is CCCc1noc([C@H](C)Sc2nnc(N3CCOCC3)n2-c2ccccc2)n1. The van der Waals surface area contributed by atoms with Crippen LogP contribution in [0.3, 0.4) is 0 Å². The molecule has 0 radical (unpaired) electrons. The summed E-state index contributed by atoms with van der Waals surface area (Å²) >= 11 is 1.57. The summed E-state index contributed by atoms with van der Waals surface area (Å²) in [6.07, 6.45) is 1.81. The minimum atomic E-state index is -0.0256. The second-order valence-electron chi connectivity index (χ2n) is 6.61. The summed E-state index contributed by atoms with van der Waals surface area (Å²) in [6, 6.07) is 10.2. The van der Waals surface area contributed by atoms with Crippen molar-refractivity contribution < 1.29 is 9.26 Å². The standard InChI is InChI=1S/C19H24N6O2S/c1-3-7-16-20-17(27-23-16)14(2)28-19-22-21-18(24-10-12-26-13-11-24)25(19)15-8-5-4-6-9-15/h4-6,8-9,14H,3,7,10-13H2,1-2H3/t14-/m0/s1. The lowest BCUT2D eigenvalue weighted by molar-refractivity contribution is 0.122. The quantitative estimate of drug-likeness (QED) is 0.559. The van der Waals surface area contributed by atoms with Gasteiger partial charge in [0.05, 0.1) is 24.2 Å². The van der Waals surface area contributed by atoms with Crippen LogP contribution in [0, 0.1) is 0 Å². The maximum atomic E-state index is 5.49. The lowest BCUT2D eigenvalue weighted by atomic mass is 10.3. The molecule has 0 saturated carbocycles. The molecule has 0 N–H and O–H groups in total. The average molecular weight is 401 g/mol. The number of nitrogens with zero attached hydrogens (tertiary/aromatic N) is 6. The van der Waals surface area contributed by atoms with Gasteiger partial charge in [0.2, 0.25) is 11.8 Å². The van der Waals surface area contributed by atoms with E-state index in [4.69, 9.17) is 9.26 Å². The Morgan fingerprint density at radius 2 is 1.93 bits per heavy atom. The summed E-state index contributed by atoms with van der Waals surface area (Å²) in [7, 11) is 0.